The van der Waals surface area contributed by atoms with E-state index in [0.29, 0.717) is 5.75 Å². The fourth-order valence-electron chi connectivity index (χ4n) is 2.24. The molecule has 0 unspecified atom stereocenters. The number of thioether (sulfide) groups is 1. The molecule has 0 radical (unpaired) electrons. The number of aromatic nitrogens is 6. The summed E-state index contributed by atoms with van der Waals surface area (Å²) in [6, 6.07) is 19.7. The van der Waals surface area contributed by atoms with Gasteiger partial charge in [0.2, 0.25) is 0 Å². The van der Waals surface area contributed by atoms with E-state index in [1.807, 2.05) is 60.7 Å². The van der Waals surface area contributed by atoms with Crippen LogP contribution in [0, 0.1) is 3.95 Å². The van der Waals surface area contributed by atoms with Gasteiger partial charge in [0.05, 0.1) is 17.1 Å². The van der Waals surface area contributed by atoms with Crippen molar-refractivity contribution in [3.05, 3.63) is 70.4 Å². The van der Waals surface area contributed by atoms with E-state index in [1.165, 1.54) is 11.3 Å². The Kier molecular flexibility index (Phi) is 4.68. The summed E-state index contributed by atoms with van der Waals surface area (Å²) < 4.78 is 5.12. The number of nitrogens with zero attached hydrogens (tertiary/aromatic N) is 6. The number of hydrogen-bond donors (Lipinski definition) is 0. The average molecular weight is 385 g/mol. The van der Waals surface area contributed by atoms with Crippen LogP contribution < -0.4 is 0 Å². The Balaban J connectivity index is 1.54. The van der Waals surface area contributed by atoms with Crippen LogP contribution in [0.15, 0.2) is 65.0 Å². The molecule has 2 heterocycles. The second-order valence-corrected chi connectivity index (χ2v) is 7.86. The summed E-state index contributed by atoms with van der Waals surface area (Å²) in [5.41, 5.74) is 1.90. The Morgan fingerprint density at radius 2 is 1.56 bits per heavy atom. The van der Waals surface area contributed by atoms with E-state index in [1.54, 1.807) is 21.1 Å². The highest BCUT2D eigenvalue weighted by atomic mass is 32.2. The van der Waals surface area contributed by atoms with Gasteiger partial charge < -0.3 is 0 Å². The molecule has 0 N–H and O–H groups in total. The van der Waals surface area contributed by atoms with Crippen LogP contribution in [0.2, 0.25) is 0 Å². The molecule has 0 amide bonds. The van der Waals surface area contributed by atoms with Gasteiger partial charge in [-0.25, -0.2) is 4.68 Å². The number of tetrazole rings is 1. The van der Waals surface area contributed by atoms with Gasteiger partial charge in [0.1, 0.15) is 0 Å². The molecule has 124 valence electrons. The smallest absolute Gasteiger partial charge is 0.184 e. The fourth-order valence-corrected chi connectivity index (χ4v) is 4.51. The Morgan fingerprint density at radius 3 is 2.24 bits per heavy atom. The van der Waals surface area contributed by atoms with Crippen LogP contribution in [-0.4, -0.2) is 30.0 Å². The quantitative estimate of drug-likeness (QED) is 0.384. The van der Waals surface area contributed by atoms with Crippen LogP contribution in [0.25, 0.3) is 11.4 Å². The lowest BCUT2D eigenvalue weighted by atomic mass is 10.3. The van der Waals surface area contributed by atoms with Crippen molar-refractivity contribution in [1.29, 1.82) is 0 Å². The minimum Gasteiger partial charge on any atom is -0.211 e. The molecule has 0 saturated carbocycles. The molecule has 0 spiro atoms. The average Bonchev–Trinajstić information content (AvgIpc) is 3.28. The van der Waals surface area contributed by atoms with Gasteiger partial charge in [-0.05, 0) is 46.9 Å². The van der Waals surface area contributed by atoms with Gasteiger partial charge in [0.15, 0.2) is 14.1 Å². The lowest BCUT2D eigenvalue weighted by molar-refractivity contribution is 0.777. The van der Waals surface area contributed by atoms with E-state index < -0.39 is 0 Å². The topological polar surface area (TPSA) is 61.4 Å². The highest BCUT2D eigenvalue weighted by Crippen LogP contribution is 2.26. The standard InChI is InChI=1S/C16H12N6S3/c23-16-22(13-9-5-2-6-10-13)18-15(25-16)24-11-14-17-19-20-21(14)12-7-3-1-4-8-12/h1-10H,11H2. The molecule has 9 heteroatoms. The van der Waals surface area contributed by atoms with Crippen molar-refractivity contribution in [2.45, 2.75) is 10.1 Å². The molecular formula is C16H12N6S3. The maximum Gasteiger partial charge on any atom is 0.184 e. The maximum atomic E-state index is 5.43. The van der Waals surface area contributed by atoms with E-state index in [0.717, 1.165) is 25.5 Å². The van der Waals surface area contributed by atoms with Gasteiger partial charge in [-0.2, -0.15) is 4.68 Å². The Morgan fingerprint density at radius 1 is 0.920 bits per heavy atom. The predicted molar refractivity (Wildman–Crippen MR) is 101 cm³/mol. The normalized spacial score (nSPS) is 10.9. The fraction of sp³-hybridized carbons (Fsp3) is 0.0625. The minimum absolute atomic E-state index is 0.610. The van der Waals surface area contributed by atoms with Crippen molar-refractivity contribution in [3.8, 4) is 11.4 Å². The SMILES string of the molecule is S=c1sc(SCc2nnnn2-c2ccccc2)nn1-c1ccccc1. The largest absolute Gasteiger partial charge is 0.211 e. The monoisotopic (exact) mass is 384 g/mol. The molecular weight excluding hydrogens is 372 g/mol. The minimum atomic E-state index is 0.610. The third-order valence-corrected chi connectivity index (χ3v) is 5.75. The molecule has 0 aliphatic carbocycles. The first-order chi connectivity index (χ1) is 12.3. The van der Waals surface area contributed by atoms with E-state index in [4.69, 9.17) is 12.2 Å². The van der Waals surface area contributed by atoms with Crippen molar-refractivity contribution in [1.82, 2.24) is 30.0 Å². The van der Waals surface area contributed by atoms with Gasteiger partial charge >= 0.3 is 0 Å². The molecule has 0 saturated heterocycles. The zero-order chi connectivity index (χ0) is 17.1. The molecule has 4 rings (SSSR count). The number of benzene rings is 2. The lowest BCUT2D eigenvalue weighted by Crippen LogP contribution is -2.01. The Bertz CT molecular complexity index is 1020. The zero-order valence-electron chi connectivity index (χ0n) is 12.9. The molecule has 2 aromatic carbocycles. The van der Waals surface area contributed by atoms with Gasteiger partial charge in [-0.1, -0.05) is 59.5 Å². The van der Waals surface area contributed by atoms with Crippen LogP contribution in [0.4, 0.5) is 0 Å². The van der Waals surface area contributed by atoms with Crippen molar-refractivity contribution in [2.24, 2.45) is 0 Å². The predicted octanol–water partition coefficient (Wildman–Crippen LogP) is 3.93. The summed E-state index contributed by atoms with van der Waals surface area (Å²) in [6.45, 7) is 0. The van der Waals surface area contributed by atoms with Crippen molar-refractivity contribution in [2.75, 3.05) is 0 Å². The first-order valence-electron chi connectivity index (χ1n) is 7.42. The van der Waals surface area contributed by atoms with Crippen molar-refractivity contribution < 1.29 is 0 Å². The highest BCUT2D eigenvalue weighted by Gasteiger charge is 2.11. The van der Waals surface area contributed by atoms with Gasteiger partial charge in [-0.3, -0.25) is 0 Å². The number of rotatable bonds is 5. The van der Waals surface area contributed by atoms with E-state index in [-0.39, 0.29) is 0 Å². The second kappa shape index (κ2) is 7.26. The first kappa shape index (κ1) is 16.1. The maximum absolute atomic E-state index is 5.43. The summed E-state index contributed by atoms with van der Waals surface area (Å²) >= 11 is 8.49. The summed E-state index contributed by atoms with van der Waals surface area (Å²) in [6.07, 6.45) is 0. The lowest BCUT2D eigenvalue weighted by Gasteiger charge is -2.02. The van der Waals surface area contributed by atoms with E-state index in [2.05, 4.69) is 20.6 Å². The molecule has 0 bridgehead atoms. The van der Waals surface area contributed by atoms with Crippen LogP contribution >= 0.6 is 35.3 Å². The summed E-state index contributed by atoms with van der Waals surface area (Å²) in [5.74, 6) is 1.38. The summed E-state index contributed by atoms with van der Waals surface area (Å²) in [4.78, 5) is 0. The molecule has 0 fully saturated rings. The molecule has 0 aliphatic heterocycles. The number of hydrogen-bond acceptors (Lipinski definition) is 7. The van der Waals surface area contributed by atoms with Crippen LogP contribution in [0.3, 0.4) is 0 Å². The van der Waals surface area contributed by atoms with Gasteiger partial charge in [0.25, 0.3) is 0 Å². The second-order valence-electron chi connectivity index (χ2n) is 5.01. The third kappa shape index (κ3) is 3.53. The molecule has 6 nitrogen and oxygen atoms in total. The van der Waals surface area contributed by atoms with Gasteiger partial charge in [-0.15, -0.1) is 10.2 Å². The Hall–Kier alpha value is -2.36. The zero-order valence-corrected chi connectivity index (χ0v) is 15.3. The molecule has 4 aromatic rings. The summed E-state index contributed by atoms with van der Waals surface area (Å²) in [5, 5.41) is 16.6. The van der Waals surface area contributed by atoms with E-state index in [9.17, 15) is 0 Å². The summed E-state index contributed by atoms with van der Waals surface area (Å²) in [7, 11) is 0. The molecule has 0 aliphatic rings. The molecule has 2 aromatic heterocycles. The Labute approximate surface area is 157 Å². The van der Waals surface area contributed by atoms with Crippen molar-refractivity contribution >= 4 is 35.3 Å². The highest BCUT2D eigenvalue weighted by molar-refractivity contribution is 8.00. The van der Waals surface area contributed by atoms with Crippen LogP contribution in [0.1, 0.15) is 5.82 Å². The van der Waals surface area contributed by atoms with E-state index >= 15 is 0 Å². The van der Waals surface area contributed by atoms with Crippen LogP contribution in [0.5, 0.6) is 0 Å². The third-order valence-electron chi connectivity index (χ3n) is 3.39. The van der Waals surface area contributed by atoms with Gasteiger partial charge in [0, 0.05) is 0 Å². The molecule has 25 heavy (non-hydrogen) atoms. The number of para-hydroxylation sites is 2. The van der Waals surface area contributed by atoms with Crippen LogP contribution in [-0.2, 0) is 5.75 Å². The van der Waals surface area contributed by atoms with Crippen molar-refractivity contribution in [3.63, 3.8) is 0 Å². The molecule has 0 atom stereocenters. The first-order valence-corrected chi connectivity index (χ1v) is 9.63.